The van der Waals surface area contributed by atoms with Crippen LogP contribution in [0.4, 0.5) is 4.39 Å². The van der Waals surface area contributed by atoms with Crippen LogP contribution in [-0.4, -0.2) is 23.1 Å². The van der Waals surface area contributed by atoms with Crippen molar-refractivity contribution in [2.24, 2.45) is 0 Å². The van der Waals surface area contributed by atoms with Gasteiger partial charge in [-0.2, -0.15) is 4.79 Å². The Bertz CT molecular complexity index is 425. The summed E-state index contributed by atoms with van der Waals surface area (Å²) in [4.78, 5) is 14.0. The molecule has 0 N–H and O–H groups in total. The van der Waals surface area contributed by atoms with E-state index in [2.05, 4.69) is 9.53 Å². The molecular formula is C10H9FN2O2. The van der Waals surface area contributed by atoms with Crippen LogP contribution in [0.15, 0.2) is 24.3 Å². The molecule has 0 saturated heterocycles. The van der Waals surface area contributed by atoms with Crippen LogP contribution >= 0.6 is 0 Å². The topological polar surface area (TPSA) is 62.7 Å². The van der Waals surface area contributed by atoms with E-state index >= 15 is 0 Å². The van der Waals surface area contributed by atoms with Gasteiger partial charge in [-0.15, -0.1) is 0 Å². The first kappa shape index (κ1) is 11.1. The Morgan fingerprint density at radius 3 is 2.73 bits per heavy atom. The molecule has 0 atom stereocenters. The molecule has 1 aromatic carbocycles. The van der Waals surface area contributed by atoms with Gasteiger partial charge in [-0.25, -0.2) is 9.18 Å². The summed E-state index contributed by atoms with van der Waals surface area (Å²) in [6, 6.07) is 5.50. The zero-order valence-electron chi connectivity index (χ0n) is 8.11. The van der Waals surface area contributed by atoms with E-state index in [4.69, 9.17) is 5.53 Å². The van der Waals surface area contributed by atoms with Gasteiger partial charge in [0.2, 0.25) is 0 Å². The highest BCUT2D eigenvalue weighted by Crippen LogP contribution is 2.07. The van der Waals surface area contributed by atoms with Gasteiger partial charge in [0.05, 0.1) is 6.61 Å². The highest BCUT2D eigenvalue weighted by molar-refractivity contribution is 6.40. The fourth-order valence-electron chi connectivity index (χ4n) is 1.06. The molecule has 0 bridgehead atoms. The summed E-state index contributed by atoms with van der Waals surface area (Å²) < 4.78 is 17.8. The van der Waals surface area contributed by atoms with Gasteiger partial charge in [-0.3, -0.25) is 0 Å². The van der Waals surface area contributed by atoms with Crippen molar-refractivity contribution < 1.29 is 18.7 Å². The van der Waals surface area contributed by atoms with E-state index in [0.717, 1.165) is 0 Å². The number of hydrogen-bond donors (Lipinski definition) is 0. The summed E-state index contributed by atoms with van der Waals surface area (Å²) >= 11 is 0. The predicted molar refractivity (Wildman–Crippen MR) is 50.8 cm³/mol. The van der Waals surface area contributed by atoms with E-state index in [1.807, 2.05) is 0 Å². The first-order valence-corrected chi connectivity index (χ1v) is 4.34. The first-order valence-electron chi connectivity index (χ1n) is 4.34. The number of carbonyl (C=O) groups is 1. The van der Waals surface area contributed by atoms with Crippen molar-refractivity contribution in [3.63, 3.8) is 0 Å². The molecule has 0 fully saturated rings. The number of ether oxygens (including phenoxy) is 1. The molecule has 5 heteroatoms. The molecule has 4 nitrogen and oxygen atoms in total. The van der Waals surface area contributed by atoms with Crippen molar-refractivity contribution in [3.05, 3.63) is 41.2 Å². The summed E-state index contributed by atoms with van der Waals surface area (Å²) in [5.74, 6) is -1.50. The summed E-state index contributed by atoms with van der Waals surface area (Å²) in [6.45, 7) is 1.74. The van der Waals surface area contributed by atoms with Crippen molar-refractivity contribution in [2.75, 3.05) is 6.61 Å². The monoisotopic (exact) mass is 208 g/mol. The van der Waals surface area contributed by atoms with E-state index in [0.29, 0.717) is 0 Å². The standard InChI is InChI=1S/C10H9FN2O2/c1-2-15-10(14)9(13-12)7-5-3-4-6-8(7)11/h3-6H,2H2,1H3. The van der Waals surface area contributed by atoms with Crippen LogP contribution in [-0.2, 0) is 9.53 Å². The minimum Gasteiger partial charge on any atom is -0.457 e. The number of carbonyl (C=O) groups excluding carboxylic acids is 1. The van der Waals surface area contributed by atoms with Crippen LogP contribution in [0.25, 0.3) is 5.53 Å². The Morgan fingerprint density at radius 1 is 1.53 bits per heavy atom. The fourth-order valence-corrected chi connectivity index (χ4v) is 1.06. The van der Waals surface area contributed by atoms with Gasteiger partial charge < -0.3 is 10.3 Å². The first-order chi connectivity index (χ1) is 7.20. The number of nitrogens with zero attached hydrogens (tertiary/aromatic N) is 2. The number of halogens is 1. The Kier molecular flexibility index (Phi) is 3.71. The van der Waals surface area contributed by atoms with Crippen LogP contribution in [0.3, 0.4) is 0 Å². The van der Waals surface area contributed by atoms with Crippen LogP contribution in [0.1, 0.15) is 12.5 Å². The van der Waals surface area contributed by atoms with Crippen molar-refractivity contribution in [1.29, 1.82) is 0 Å². The summed E-state index contributed by atoms with van der Waals surface area (Å²) in [6.07, 6.45) is 0. The molecule has 0 aromatic heterocycles. The largest absolute Gasteiger partial charge is 0.457 e. The van der Waals surface area contributed by atoms with Crippen molar-refractivity contribution in [2.45, 2.75) is 6.92 Å². The lowest BCUT2D eigenvalue weighted by Crippen LogP contribution is -2.20. The molecule has 0 unspecified atom stereocenters. The lowest BCUT2D eigenvalue weighted by molar-refractivity contribution is -0.139. The Labute approximate surface area is 85.9 Å². The van der Waals surface area contributed by atoms with Crippen molar-refractivity contribution in [3.8, 4) is 0 Å². The molecule has 1 rings (SSSR count). The molecule has 0 spiro atoms. The maximum absolute atomic E-state index is 13.2. The van der Waals surface area contributed by atoms with Crippen LogP contribution < -0.4 is 0 Å². The van der Waals surface area contributed by atoms with Crippen LogP contribution in [0.5, 0.6) is 0 Å². The molecule has 0 saturated carbocycles. The maximum Gasteiger partial charge on any atom is 0.422 e. The minimum absolute atomic E-state index is 0.0848. The summed E-state index contributed by atoms with van der Waals surface area (Å²) in [5, 5.41) is 0. The zero-order valence-corrected chi connectivity index (χ0v) is 8.11. The highest BCUT2D eigenvalue weighted by Gasteiger charge is 2.26. The minimum atomic E-state index is -0.856. The third kappa shape index (κ3) is 2.48. The van der Waals surface area contributed by atoms with E-state index in [1.165, 1.54) is 24.3 Å². The Balaban J connectivity index is 3.10. The number of hydrogen-bond acceptors (Lipinski definition) is 2. The van der Waals surface area contributed by atoms with Gasteiger partial charge >= 0.3 is 11.7 Å². The van der Waals surface area contributed by atoms with E-state index in [9.17, 15) is 9.18 Å². The lowest BCUT2D eigenvalue weighted by atomic mass is 10.1. The molecule has 78 valence electrons. The molecule has 15 heavy (non-hydrogen) atoms. The molecule has 0 heterocycles. The van der Waals surface area contributed by atoms with Gasteiger partial charge in [0.25, 0.3) is 0 Å². The van der Waals surface area contributed by atoms with Gasteiger partial charge in [-0.05, 0) is 19.1 Å². The van der Waals surface area contributed by atoms with E-state index in [1.54, 1.807) is 6.92 Å². The number of rotatable bonds is 3. The summed E-state index contributed by atoms with van der Waals surface area (Å²) in [7, 11) is 0. The number of esters is 1. The van der Waals surface area contributed by atoms with E-state index in [-0.39, 0.29) is 12.2 Å². The van der Waals surface area contributed by atoms with Crippen LogP contribution in [0, 0.1) is 5.82 Å². The second-order valence-electron chi connectivity index (χ2n) is 2.65. The lowest BCUT2D eigenvalue weighted by Gasteiger charge is -1.98. The smallest absolute Gasteiger partial charge is 0.422 e. The third-order valence-electron chi connectivity index (χ3n) is 1.70. The third-order valence-corrected chi connectivity index (χ3v) is 1.70. The normalized spacial score (nSPS) is 9.20. The van der Waals surface area contributed by atoms with Gasteiger partial charge in [0, 0.05) is 0 Å². The molecule has 0 amide bonds. The predicted octanol–water partition coefficient (Wildman–Crippen LogP) is 1.41. The molecule has 1 aromatic rings. The average Bonchev–Trinajstić information content (AvgIpc) is 2.22. The average molecular weight is 208 g/mol. The van der Waals surface area contributed by atoms with Crippen molar-refractivity contribution in [1.82, 2.24) is 0 Å². The fraction of sp³-hybridized carbons (Fsp3) is 0.200. The quantitative estimate of drug-likeness (QED) is 0.326. The highest BCUT2D eigenvalue weighted by atomic mass is 19.1. The maximum atomic E-state index is 13.2. The molecule has 0 aliphatic carbocycles. The van der Waals surface area contributed by atoms with E-state index < -0.39 is 17.5 Å². The zero-order chi connectivity index (χ0) is 11.3. The second-order valence-corrected chi connectivity index (χ2v) is 2.65. The van der Waals surface area contributed by atoms with Crippen molar-refractivity contribution >= 4 is 11.7 Å². The Morgan fingerprint density at radius 2 is 2.20 bits per heavy atom. The molecule has 0 aliphatic heterocycles. The second kappa shape index (κ2) is 5.02. The number of benzene rings is 1. The van der Waals surface area contributed by atoms with Gasteiger partial charge in [0.1, 0.15) is 11.4 Å². The van der Waals surface area contributed by atoms with Gasteiger partial charge in [0.15, 0.2) is 0 Å². The van der Waals surface area contributed by atoms with Crippen LogP contribution in [0.2, 0.25) is 0 Å². The molecule has 0 radical (unpaired) electrons. The SMILES string of the molecule is CCOC(=O)C(=[N+]=[N-])c1ccccc1F. The van der Waals surface area contributed by atoms with Gasteiger partial charge in [-0.1, -0.05) is 12.1 Å². The molecular weight excluding hydrogens is 199 g/mol. The Hall–Kier alpha value is -2.00. The summed E-state index contributed by atoms with van der Waals surface area (Å²) in [5.41, 5.74) is 8.10. The molecule has 0 aliphatic rings.